The maximum Gasteiger partial charge on any atom is 0.273 e. The van der Waals surface area contributed by atoms with Crippen LogP contribution in [-0.4, -0.2) is 33.5 Å². The average Bonchev–Trinajstić information content (AvgIpc) is 3.39. The Labute approximate surface area is 216 Å². The van der Waals surface area contributed by atoms with Crippen LogP contribution in [0.4, 0.5) is 17.1 Å². The summed E-state index contributed by atoms with van der Waals surface area (Å²) in [6.07, 6.45) is 1.21. The molecule has 0 aliphatic rings. The van der Waals surface area contributed by atoms with Crippen LogP contribution in [0.2, 0.25) is 0 Å². The van der Waals surface area contributed by atoms with Crippen LogP contribution >= 0.6 is 11.8 Å². The quantitative estimate of drug-likeness (QED) is 0.158. The number of para-hydroxylation sites is 1. The molecule has 4 N–H and O–H groups in total. The van der Waals surface area contributed by atoms with Crippen LogP contribution in [0.3, 0.4) is 0 Å². The number of non-ortho nitro benzene ring substituents is 1. The highest BCUT2D eigenvalue weighted by Crippen LogP contribution is 2.25. The number of anilines is 2. The van der Waals surface area contributed by atoms with Crippen LogP contribution in [-0.2, 0) is 10.5 Å². The number of aromatic nitrogens is 1. The van der Waals surface area contributed by atoms with E-state index in [0.29, 0.717) is 22.7 Å². The summed E-state index contributed by atoms with van der Waals surface area (Å²) in [5, 5.41) is 16.3. The van der Waals surface area contributed by atoms with Crippen molar-refractivity contribution >= 4 is 40.6 Å². The monoisotopic (exact) mass is 517 g/mol. The second-order valence-corrected chi connectivity index (χ2v) is 8.98. The Morgan fingerprint density at radius 2 is 1.73 bits per heavy atom. The lowest BCUT2D eigenvalue weighted by Crippen LogP contribution is -2.45. The van der Waals surface area contributed by atoms with Gasteiger partial charge in [0.2, 0.25) is 11.8 Å². The van der Waals surface area contributed by atoms with Crippen molar-refractivity contribution in [1.82, 2.24) is 10.3 Å². The molecule has 1 heterocycles. The van der Waals surface area contributed by atoms with E-state index in [2.05, 4.69) is 15.6 Å². The third-order valence-corrected chi connectivity index (χ3v) is 6.40. The van der Waals surface area contributed by atoms with E-state index in [-0.39, 0.29) is 23.0 Å². The molecule has 4 rings (SSSR count). The Balaban J connectivity index is 1.47. The normalized spacial score (nSPS) is 11.5. The average molecular weight is 518 g/mol. The molecule has 0 bridgehead atoms. The van der Waals surface area contributed by atoms with Crippen molar-refractivity contribution in [2.45, 2.75) is 11.8 Å². The number of carbonyl (C=O) groups excluding carboxylic acids is 2. The smallest absolute Gasteiger partial charge is 0.273 e. The molecule has 0 saturated carbocycles. The van der Waals surface area contributed by atoms with Gasteiger partial charge in [0.05, 0.1) is 10.5 Å². The third kappa shape index (κ3) is 6.73. The van der Waals surface area contributed by atoms with Crippen molar-refractivity contribution in [3.8, 4) is 11.5 Å². The molecule has 10 nitrogen and oxygen atoms in total. The van der Waals surface area contributed by atoms with Gasteiger partial charge >= 0.3 is 0 Å². The zero-order chi connectivity index (χ0) is 26.2. The van der Waals surface area contributed by atoms with Crippen molar-refractivity contribution in [1.29, 1.82) is 0 Å². The van der Waals surface area contributed by atoms with E-state index in [9.17, 15) is 19.7 Å². The molecule has 1 unspecified atom stereocenters. The number of nitro benzene ring substituents is 1. The molecule has 3 aromatic carbocycles. The molecule has 11 heteroatoms. The van der Waals surface area contributed by atoms with Gasteiger partial charge in [-0.25, -0.2) is 4.98 Å². The fraction of sp³-hybridized carbons (Fsp3) is 0.115. The van der Waals surface area contributed by atoms with Gasteiger partial charge in [-0.3, -0.25) is 19.7 Å². The Kier molecular flexibility index (Phi) is 8.16. The summed E-state index contributed by atoms with van der Waals surface area (Å²) < 4.78 is 5.45. The minimum atomic E-state index is -0.918. The second kappa shape index (κ2) is 11.9. The molecule has 0 saturated heterocycles. The molecular formula is C26H23N5O5S. The highest BCUT2D eigenvalue weighted by Gasteiger charge is 2.24. The van der Waals surface area contributed by atoms with Crippen LogP contribution in [0.5, 0.6) is 0 Å². The van der Waals surface area contributed by atoms with Crippen LogP contribution in [0, 0.1) is 10.1 Å². The van der Waals surface area contributed by atoms with Crippen LogP contribution in [0.1, 0.15) is 16.1 Å². The van der Waals surface area contributed by atoms with Gasteiger partial charge in [-0.05, 0) is 29.8 Å². The van der Waals surface area contributed by atoms with Crippen molar-refractivity contribution < 1.29 is 18.9 Å². The van der Waals surface area contributed by atoms with E-state index in [1.165, 1.54) is 42.3 Å². The zero-order valence-electron chi connectivity index (χ0n) is 19.5. The maximum atomic E-state index is 13.1. The van der Waals surface area contributed by atoms with Gasteiger partial charge in [0.15, 0.2) is 5.69 Å². The third-order valence-electron chi connectivity index (χ3n) is 5.29. The van der Waals surface area contributed by atoms with E-state index >= 15 is 0 Å². The predicted octanol–water partition coefficient (Wildman–Crippen LogP) is 4.50. The van der Waals surface area contributed by atoms with Gasteiger partial charge in [0.1, 0.15) is 12.3 Å². The molecule has 4 aromatic rings. The lowest BCUT2D eigenvalue weighted by atomic mass is 10.2. The largest absolute Gasteiger partial charge is 0.444 e. The van der Waals surface area contributed by atoms with Gasteiger partial charge in [0.25, 0.3) is 11.6 Å². The predicted molar refractivity (Wildman–Crippen MR) is 142 cm³/mol. The molecule has 0 aliphatic heterocycles. The van der Waals surface area contributed by atoms with Crippen molar-refractivity contribution in [2.24, 2.45) is 0 Å². The summed E-state index contributed by atoms with van der Waals surface area (Å²) in [5.74, 6) is 0.0379. The van der Waals surface area contributed by atoms with Gasteiger partial charge < -0.3 is 20.8 Å². The van der Waals surface area contributed by atoms with E-state index in [4.69, 9.17) is 10.2 Å². The summed E-state index contributed by atoms with van der Waals surface area (Å²) in [6, 6.07) is 21.2. The summed E-state index contributed by atoms with van der Waals surface area (Å²) in [6.45, 7) is 0. The first kappa shape index (κ1) is 25.5. The standard InChI is InChI=1S/C26H23N5O5S/c27-21-9-5-4-8-20(21)26-30-22(14-36-26)24(32)29-23(16-37-15-17-6-2-1-3-7-17)25(33)28-18-10-12-19(13-11-18)31(34)35/h1-14,23H,15-16,27H2,(H,28,33)(H,29,32). The number of thioether (sulfide) groups is 1. The van der Waals surface area contributed by atoms with E-state index in [1.54, 1.807) is 24.3 Å². The molecule has 0 fully saturated rings. The first-order chi connectivity index (χ1) is 17.9. The molecule has 188 valence electrons. The van der Waals surface area contributed by atoms with Gasteiger partial charge in [-0.15, -0.1) is 0 Å². The number of nitrogen functional groups attached to an aromatic ring is 1. The number of nitrogens with one attached hydrogen (secondary N) is 2. The lowest BCUT2D eigenvalue weighted by Gasteiger charge is -2.18. The Morgan fingerprint density at radius 1 is 1.03 bits per heavy atom. The van der Waals surface area contributed by atoms with Crippen LogP contribution in [0.15, 0.2) is 89.5 Å². The van der Waals surface area contributed by atoms with Gasteiger partial charge in [0, 0.05) is 35.0 Å². The minimum Gasteiger partial charge on any atom is -0.444 e. The number of nitrogens with two attached hydrogens (primary N) is 1. The number of amides is 2. The first-order valence-electron chi connectivity index (χ1n) is 11.2. The molecule has 0 radical (unpaired) electrons. The second-order valence-electron chi connectivity index (χ2n) is 7.95. The lowest BCUT2D eigenvalue weighted by molar-refractivity contribution is -0.384. The molecule has 1 aromatic heterocycles. The topological polar surface area (TPSA) is 153 Å². The SMILES string of the molecule is Nc1ccccc1-c1nc(C(=O)NC(CSCc2ccccc2)C(=O)Nc2ccc([N+](=O)[O-])cc2)co1. The van der Waals surface area contributed by atoms with Gasteiger partial charge in [-0.1, -0.05) is 42.5 Å². The summed E-state index contributed by atoms with van der Waals surface area (Å²) in [4.78, 5) is 40.6. The number of benzene rings is 3. The molecule has 37 heavy (non-hydrogen) atoms. The Bertz CT molecular complexity index is 1390. The molecule has 1 atom stereocenters. The van der Waals surface area contributed by atoms with E-state index in [1.807, 2.05) is 30.3 Å². The minimum absolute atomic E-state index is 0.000511. The van der Waals surface area contributed by atoms with Gasteiger partial charge in [-0.2, -0.15) is 11.8 Å². The van der Waals surface area contributed by atoms with Crippen molar-refractivity contribution in [2.75, 3.05) is 16.8 Å². The molecular weight excluding hydrogens is 494 g/mol. The number of carbonyl (C=O) groups is 2. The van der Waals surface area contributed by atoms with E-state index < -0.39 is 22.8 Å². The highest BCUT2D eigenvalue weighted by molar-refractivity contribution is 7.98. The Hall–Kier alpha value is -4.64. The van der Waals surface area contributed by atoms with Crippen molar-refractivity contribution in [3.05, 3.63) is 106 Å². The maximum absolute atomic E-state index is 13.1. The number of oxazole rings is 1. The number of nitrogens with zero attached hydrogens (tertiary/aromatic N) is 2. The van der Waals surface area contributed by atoms with E-state index in [0.717, 1.165) is 5.56 Å². The number of nitro groups is 1. The fourth-order valence-electron chi connectivity index (χ4n) is 3.37. The van der Waals surface area contributed by atoms with Crippen molar-refractivity contribution in [3.63, 3.8) is 0 Å². The highest BCUT2D eigenvalue weighted by atomic mass is 32.2. The molecule has 2 amide bonds. The fourth-order valence-corrected chi connectivity index (χ4v) is 4.39. The van der Waals surface area contributed by atoms with Crippen LogP contribution in [0.25, 0.3) is 11.5 Å². The molecule has 0 spiro atoms. The summed E-state index contributed by atoms with van der Waals surface area (Å²) >= 11 is 1.48. The van der Waals surface area contributed by atoms with Crippen LogP contribution < -0.4 is 16.4 Å². The summed E-state index contributed by atoms with van der Waals surface area (Å²) in [7, 11) is 0. The first-order valence-corrected chi connectivity index (χ1v) is 12.3. The zero-order valence-corrected chi connectivity index (χ0v) is 20.3. The molecule has 0 aliphatic carbocycles. The number of hydrogen-bond acceptors (Lipinski definition) is 8. The number of hydrogen-bond donors (Lipinski definition) is 3. The number of rotatable bonds is 10. The Morgan fingerprint density at radius 3 is 2.43 bits per heavy atom. The summed E-state index contributed by atoms with van der Waals surface area (Å²) in [5.41, 5.74) is 8.32.